The van der Waals surface area contributed by atoms with Crippen LogP contribution in [0, 0.1) is 25.2 Å². The van der Waals surface area contributed by atoms with Crippen molar-refractivity contribution in [3.63, 3.8) is 0 Å². The highest BCUT2D eigenvalue weighted by Gasteiger charge is 2.12. The molecule has 18 heavy (non-hydrogen) atoms. The summed E-state index contributed by atoms with van der Waals surface area (Å²) in [6.45, 7) is 7.34. The van der Waals surface area contributed by atoms with Gasteiger partial charge in [0, 0.05) is 5.69 Å². The fourth-order valence-electron chi connectivity index (χ4n) is 1.47. The van der Waals surface area contributed by atoms with Gasteiger partial charge in [0.15, 0.2) is 0 Å². The summed E-state index contributed by atoms with van der Waals surface area (Å²) < 4.78 is 5.04. The lowest BCUT2D eigenvalue weighted by atomic mass is 10.1. The summed E-state index contributed by atoms with van der Waals surface area (Å²) in [5.74, 6) is -0.122. The van der Waals surface area contributed by atoms with Gasteiger partial charge < -0.3 is 4.74 Å². The first-order valence-corrected chi connectivity index (χ1v) is 6.63. The number of carbonyl (C=O) groups is 1. The molecule has 1 aromatic rings. The number of nitriles is 1. The Morgan fingerprint density at radius 1 is 1.56 bits per heavy atom. The Balaban J connectivity index is 2.79. The van der Waals surface area contributed by atoms with Gasteiger partial charge in [-0.2, -0.15) is 5.26 Å². The van der Waals surface area contributed by atoms with Crippen LogP contribution in [-0.4, -0.2) is 22.8 Å². The van der Waals surface area contributed by atoms with E-state index in [1.807, 2.05) is 19.9 Å². The van der Waals surface area contributed by atoms with Crippen molar-refractivity contribution in [1.29, 1.82) is 5.26 Å². The van der Waals surface area contributed by atoms with Crippen molar-refractivity contribution >= 4 is 17.7 Å². The standard InChI is InChI=1S/C13H16N2O2S/c1-8(2)17-12(16)7-18-13-11(6-14)9(3)5-10(4)15-13/h5,8H,7H2,1-4H3. The zero-order chi connectivity index (χ0) is 13.7. The van der Waals surface area contributed by atoms with Crippen molar-refractivity contribution in [2.75, 3.05) is 5.75 Å². The van der Waals surface area contributed by atoms with E-state index in [0.29, 0.717) is 10.6 Å². The summed E-state index contributed by atoms with van der Waals surface area (Å²) in [5.41, 5.74) is 2.25. The first-order valence-electron chi connectivity index (χ1n) is 5.64. The highest BCUT2D eigenvalue weighted by atomic mass is 32.2. The molecule has 0 atom stereocenters. The molecule has 0 unspecified atom stereocenters. The lowest BCUT2D eigenvalue weighted by Crippen LogP contribution is -2.13. The summed E-state index contributed by atoms with van der Waals surface area (Å²) in [6, 6.07) is 3.98. The number of aromatic nitrogens is 1. The minimum absolute atomic E-state index is 0.124. The molecule has 0 aliphatic carbocycles. The van der Waals surface area contributed by atoms with E-state index in [1.165, 1.54) is 11.8 Å². The second-order valence-corrected chi connectivity index (χ2v) is 5.16. The molecule has 0 amide bonds. The fourth-order valence-corrected chi connectivity index (χ4v) is 2.35. The number of nitrogens with zero attached hydrogens (tertiary/aromatic N) is 2. The number of ether oxygens (including phenoxy) is 1. The normalized spacial score (nSPS) is 10.2. The maximum Gasteiger partial charge on any atom is 0.316 e. The molecular formula is C13H16N2O2S. The smallest absolute Gasteiger partial charge is 0.316 e. The Labute approximate surface area is 111 Å². The van der Waals surface area contributed by atoms with Crippen molar-refractivity contribution in [2.45, 2.75) is 38.8 Å². The van der Waals surface area contributed by atoms with Crippen LogP contribution >= 0.6 is 11.8 Å². The molecule has 0 aromatic carbocycles. The van der Waals surface area contributed by atoms with Crippen LogP contribution in [0.5, 0.6) is 0 Å². The number of thioether (sulfide) groups is 1. The van der Waals surface area contributed by atoms with Gasteiger partial charge in [-0.15, -0.1) is 0 Å². The minimum atomic E-state index is -0.292. The molecule has 1 heterocycles. The molecule has 0 bridgehead atoms. The second kappa shape index (κ2) is 6.41. The average Bonchev–Trinajstić information content (AvgIpc) is 2.24. The van der Waals surface area contributed by atoms with E-state index in [4.69, 9.17) is 10.00 Å². The average molecular weight is 264 g/mol. The van der Waals surface area contributed by atoms with Gasteiger partial charge >= 0.3 is 5.97 Å². The van der Waals surface area contributed by atoms with Crippen molar-refractivity contribution in [2.24, 2.45) is 0 Å². The molecular weight excluding hydrogens is 248 g/mol. The first-order chi connectivity index (χ1) is 8.43. The van der Waals surface area contributed by atoms with Crippen molar-refractivity contribution in [3.05, 3.63) is 22.9 Å². The van der Waals surface area contributed by atoms with Crippen LogP contribution < -0.4 is 0 Å². The zero-order valence-corrected chi connectivity index (χ0v) is 11.8. The van der Waals surface area contributed by atoms with Crippen LogP contribution in [0.2, 0.25) is 0 Å². The Bertz CT molecular complexity index is 492. The lowest BCUT2D eigenvalue weighted by molar-refractivity contribution is -0.144. The largest absolute Gasteiger partial charge is 0.462 e. The molecule has 5 heteroatoms. The van der Waals surface area contributed by atoms with Gasteiger partial charge in [-0.3, -0.25) is 4.79 Å². The van der Waals surface area contributed by atoms with Crippen LogP contribution in [0.4, 0.5) is 0 Å². The van der Waals surface area contributed by atoms with Crippen LogP contribution in [0.15, 0.2) is 11.1 Å². The number of aryl methyl sites for hydroxylation is 2. The molecule has 1 rings (SSSR count). The SMILES string of the molecule is Cc1cc(C)c(C#N)c(SCC(=O)OC(C)C)n1. The number of carbonyl (C=O) groups excluding carboxylic acids is 1. The van der Waals surface area contributed by atoms with Gasteiger partial charge in [0.05, 0.1) is 17.4 Å². The molecule has 0 saturated carbocycles. The van der Waals surface area contributed by atoms with Crippen LogP contribution in [-0.2, 0) is 9.53 Å². The van der Waals surface area contributed by atoms with E-state index in [0.717, 1.165) is 11.3 Å². The van der Waals surface area contributed by atoms with E-state index in [9.17, 15) is 4.79 Å². The summed E-state index contributed by atoms with van der Waals surface area (Å²) in [4.78, 5) is 15.7. The highest BCUT2D eigenvalue weighted by molar-refractivity contribution is 7.99. The third kappa shape index (κ3) is 4.04. The Hall–Kier alpha value is -1.54. The predicted molar refractivity (Wildman–Crippen MR) is 70.4 cm³/mol. The third-order valence-electron chi connectivity index (χ3n) is 2.12. The molecule has 96 valence electrons. The lowest BCUT2D eigenvalue weighted by Gasteiger charge is -2.09. The molecule has 4 nitrogen and oxygen atoms in total. The summed E-state index contributed by atoms with van der Waals surface area (Å²) in [5, 5.41) is 9.67. The number of hydrogen-bond donors (Lipinski definition) is 0. The summed E-state index contributed by atoms with van der Waals surface area (Å²) in [7, 11) is 0. The maximum absolute atomic E-state index is 11.4. The van der Waals surface area contributed by atoms with Crippen molar-refractivity contribution in [3.8, 4) is 6.07 Å². The predicted octanol–water partition coefficient (Wildman–Crippen LogP) is 2.61. The van der Waals surface area contributed by atoms with Crippen LogP contribution in [0.25, 0.3) is 0 Å². The Morgan fingerprint density at radius 3 is 2.78 bits per heavy atom. The Kier molecular flexibility index (Phi) is 5.17. The van der Waals surface area contributed by atoms with Gasteiger partial charge in [0.25, 0.3) is 0 Å². The number of esters is 1. The van der Waals surface area contributed by atoms with Gasteiger partial charge in [-0.1, -0.05) is 11.8 Å². The first kappa shape index (κ1) is 14.5. The van der Waals surface area contributed by atoms with Crippen molar-refractivity contribution < 1.29 is 9.53 Å². The minimum Gasteiger partial charge on any atom is -0.462 e. The molecule has 0 N–H and O–H groups in total. The van der Waals surface area contributed by atoms with E-state index < -0.39 is 0 Å². The van der Waals surface area contributed by atoms with Crippen LogP contribution in [0.3, 0.4) is 0 Å². The molecule has 0 aliphatic rings. The zero-order valence-electron chi connectivity index (χ0n) is 11.0. The molecule has 0 fully saturated rings. The summed E-state index contributed by atoms with van der Waals surface area (Å²) >= 11 is 1.24. The van der Waals surface area contributed by atoms with Gasteiger partial charge in [0.2, 0.25) is 0 Å². The number of rotatable bonds is 4. The van der Waals surface area contributed by atoms with Gasteiger partial charge in [-0.25, -0.2) is 4.98 Å². The second-order valence-electron chi connectivity index (χ2n) is 4.20. The number of pyridine rings is 1. The van der Waals surface area contributed by atoms with Gasteiger partial charge in [-0.05, 0) is 39.3 Å². The highest BCUT2D eigenvalue weighted by Crippen LogP contribution is 2.23. The molecule has 0 saturated heterocycles. The van der Waals surface area contributed by atoms with Crippen LogP contribution in [0.1, 0.15) is 30.7 Å². The molecule has 0 aliphatic heterocycles. The topological polar surface area (TPSA) is 63.0 Å². The monoisotopic (exact) mass is 264 g/mol. The fraction of sp³-hybridized carbons (Fsp3) is 0.462. The molecule has 0 spiro atoms. The third-order valence-corrected chi connectivity index (χ3v) is 3.07. The van der Waals surface area contributed by atoms with E-state index >= 15 is 0 Å². The Morgan fingerprint density at radius 2 is 2.22 bits per heavy atom. The number of hydrogen-bond acceptors (Lipinski definition) is 5. The van der Waals surface area contributed by atoms with E-state index in [2.05, 4.69) is 11.1 Å². The molecule has 0 radical (unpaired) electrons. The maximum atomic E-state index is 11.4. The van der Waals surface area contributed by atoms with Gasteiger partial charge in [0.1, 0.15) is 11.1 Å². The molecule has 1 aromatic heterocycles. The quantitative estimate of drug-likeness (QED) is 0.618. The van der Waals surface area contributed by atoms with E-state index in [-0.39, 0.29) is 17.8 Å². The van der Waals surface area contributed by atoms with Crippen molar-refractivity contribution in [1.82, 2.24) is 4.98 Å². The summed E-state index contributed by atoms with van der Waals surface area (Å²) in [6.07, 6.45) is -0.124. The van der Waals surface area contributed by atoms with E-state index in [1.54, 1.807) is 13.8 Å².